The molecular weight excluding hydrogens is 324 g/mol. The first-order valence-corrected chi connectivity index (χ1v) is 9.42. The van der Waals surface area contributed by atoms with Crippen LogP contribution in [0.5, 0.6) is 0 Å². The minimum atomic E-state index is 0.822. The normalized spacial score (nSPS) is 18.5. The molecule has 0 bridgehead atoms. The molecule has 136 valence electrons. The molecule has 2 aromatic carbocycles. The average molecular weight is 350 g/mol. The number of nitrogens with zero attached hydrogens (tertiary/aromatic N) is 2. The maximum Gasteiger partial charge on any atom is 0.0642 e. The SMILES string of the molecule is C(=Cc1ccc(N2CCOCC2)cc1)c1ccc(N2CCOCC2)cc1. The number of rotatable bonds is 4. The van der Waals surface area contributed by atoms with Crippen molar-refractivity contribution < 1.29 is 9.47 Å². The molecule has 0 saturated carbocycles. The molecule has 4 rings (SSSR count). The van der Waals surface area contributed by atoms with Crippen molar-refractivity contribution >= 4 is 23.5 Å². The number of anilines is 2. The van der Waals surface area contributed by atoms with Gasteiger partial charge in [0.1, 0.15) is 0 Å². The highest BCUT2D eigenvalue weighted by atomic mass is 16.5. The molecule has 2 fully saturated rings. The summed E-state index contributed by atoms with van der Waals surface area (Å²) in [5.41, 5.74) is 5.00. The molecule has 0 aromatic heterocycles. The molecule has 0 radical (unpaired) electrons. The predicted molar refractivity (Wildman–Crippen MR) is 108 cm³/mol. The highest BCUT2D eigenvalue weighted by Gasteiger charge is 2.11. The first-order valence-electron chi connectivity index (χ1n) is 9.42. The summed E-state index contributed by atoms with van der Waals surface area (Å²) in [6.45, 7) is 7.19. The first-order chi connectivity index (χ1) is 12.9. The Kier molecular flexibility index (Phi) is 5.53. The van der Waals surface area contributed by atoms with Gasteiger partial charge in [0.25, 0.3) is 0 Å². The summed E-state index contributed by atoms with van der Waals surface area (Å²) in [6, 6.07) is 17.5. The largest absolute Gasteiger partial charge is 0.378 e. The third kappa shape index (κ3) is 4.26. The van der Waals surface area contributed by atoms with Gasteiger partial charge in [-0.25, -0.2) is 0 Å². The van der Waals surface area contributed by atoms with Gasteiger partial charge in [0.15, 0.2) is 0 Å². The first kappa shape index (κ1) is 17.1. The quantitative estimate of drug-likeness (QED) is 0.788. The van der Waals surface area contributed by atoms with E-state index in [9.17, 15) is 0 Å². The summed E-state index contributed by atoms with van der Waals surface area (Å²) in [7, 11) is 0. The van der Waals surface area contributed by atoms with Crippen LogP contribution in [0.1, 0.15) is 11.1 Å². The van der Waals surface area contributed by atoms with Gasteiger partial charge in [-0.1, -0.05) is 36.4 Å². The minimum Gasteiger partial charge on any atom is -0.378 e. The fourth-order valence-corrected chi connectivity index (χ4v) is 3.43. The van der Waals surface area contributed by atoms with Crippen LogP contribution in [0.2, 0.25) is 0 Å². The lowest BCUT2D eigenvalue weighted by Gasteiger charge is -2.28. The van der Waals surface area contributed by atoms with E-state index in [1.807, 2.05) is 0 Å². The van der Waals surface area contributed by atoms with E-state index in [0.29, 0.717) is 0 Å². The second-order valence-corrected chi connectivity index (χ2v) is 6.72. The van der Waals surface area contributed by atoms with Crippen LogP contribution in [0.15, 0.2) is 48.5 Å². The lowest BCUT2D eigenvalue weighted by molar-refractivity contribution is 0.122. The Morgan fingerprint density at radius 2 is 0.885 bits per heavy atom. The number of hydrogen-bond acceptors (Lipinski definition) is 4. The van der Waals surface area contributed by atoms with E-state index >= 15 is 0 Å². The van der Waals surface area contributed by atoms with Gasteiger partial charge in [0.2, 0.25) is 0 Å². The molecule has 2 heterocycles. The zero-order chi connectivity index (χ0) is 17.6. The van der Waals surface area contributed by atoms with Gasteiger partial charge in [0.05, 0.1) is 26.4 Å². The van der Waals surface area contributed by atoms with Gasteiger partial charge in [-0.05, 0) is 35.4 Å². The number of hydrogen-bond donors (Lipinski definition) is 0. The lowest BCUT2D eigenvalue weighted by atomic mass is 10.1. The average Bonchev–Trinajstić information content (AvgIpc) is 2.74. The summed E-state index contributed by atoms with van der Waals surface area (Å²) in [4.78, 5) is 4.75. The summed E-state index contributed by atoms with van der Waals surface area (Å²) < 4.78 is 10.8. The second kappa shape index (κ2) is 8.39. The zero-order valence-electron chi connectivity index (χ0n) is 15.1. The van der Waals surface area contributed by atoms with E-state index in [2.05, 4.69) is 70.5 Å². The topological polar surface area (TPSA) is 24.9 Å². The fourth-order valence-electron chi connectivity index (χ4n) is 3.43. The van der Waals surface area contributed by atoms with Gasteiger partial charge >= 0.3 is 0 Å². The minimum absolute atomic E-state index is 0.822. The molecule has 0 atom stereocenters. The summed E-state index contributed by atoms with van der Waals surface area (Å²) >= 11 is 0. The van der Waals surface area contributed by atoms with Crippen molar-refractivity contribution in [3.05, 3.63) is 59.7 Å². The molecule has 2 saturated heterocycles. The van der Waals surface area contributed by atoms with Crippen LogP contribution in [0.25, 0.3) is 12.2 Å². The molecule has 2 aromatic rings. The van der Waals surface area contributed by atoms with Gasteiger partial charge < -0.3 is 19.3 Å². The third-order valence-electron chi connectivity index (χ3n) is 5.01. The van der Waals surface area contributed by atoms with Gasteiger partial charge in [-0.2, -0.15) is 0 Å². The van der Waals surface area contributed by atoms with E-state index < -0.39 is 0 Å². The highest BCUT2D eigenvalue weighted by Crippen LogP contribution is 2.20. The second-order valence-electron chi connectivity index (χ2n) is 6.72. The molecule has 2 aliphatic heterocycles. The van der Waals surface area contributed by atoms with E-state index in [1.165, 1.54) is 22.5 Å². The molecule has 26 heavy (non-hydrogen) atoms. The standard InChI is InChI=1S/C22H26N2O2/c1(19-3-7-21(8-4-19)23-11-15-25-16-12-23)2-20-5-9-22(10-6-20)24-13-17-26-18-14-24/h1-10H,11-18H2. The molecule has 0 aliphatic carbocycles. The van der Waals surface area contributed by atoms with E-state index in [-0.39, 0.29) is 0 Å². The Hall–Kier alpha value is -2.30. The summed E-state index contributed by atoms with van der Waals surface area (Å²) in [6.07, 6.45) is 4.35. The van der Waals surface area contributed by atoms with Crippen LogP contribution >= 0.6 is 0 Å². The van der Waals surface area contributed by atoms with Gasteiger partial charge in [0, 0.05) is 37.6 Å². The molecule has 4 heteroatoms. The Labute approximate surface area is 155 Å². The van der Waals surface area contributed by atoms with Crippen molar-refractivity contribution in [1.29, 1.82) is 0 Å². The van der Waals surface area contributed by atoms with E-state index in [1.54, 1.807) is 0 Å². The Morgan fingerprint density at radius 3 is 1.23 bits per heavy atom. The molecular formula is C22H26N2O2. The predicted octanol–water partition coefficient (Wildman–Crippen LogP) is 3.53. The van der Waals surface area contributed by atoms with Crippen molar-refractivity contribution in [3.8, 4) is 0 Å². The van der Waals surface area contributed by atoms with Crippen molar-refractivity contribution in [1.82, 2.24) is 0 Å². The molecule has 0 N–H and O–H groups in total. The fraction of sp³-hybridized carbons (Fsp3) is 0.364. The van der Waals surface area contributed by atoms with Crippen LogP contribution in [0.3, 0.4) is 0 Å². The van der Waals surface area contributed by atoms with Crippen LogP contribution < -0.4 is 9.80 Å². The Morgan fingerprint density at radius 1 is 0.538 bits per heavy atom. The Balaban J connectivity index is 1.37. The van der Waals surface area contributed by atoms with Crippen LogP contribution in [0.4, 0.5) is 11.4 Å². The van der Waals surface area contributed by atoms with Crippen LogP contribution in [-0.4, -0.2) is 52.6 Å². The smallest absolute Gasteiger partial charge is 0.0642 e. The zero-order valence-corrected chi connectivity index (χ0v) is 15.1. The van der Waals surface area contributed by atoms with Crippen molar-refractivity contribution in [2.45, 2.75) is 0 Å². The van der Waals surface area contributed by atoms with Crippen LogP contribution in [-0.2, 0) is 9.47 Å². The number of benzene rings is 2. The summed E-state index contributed by atoms with van der Waals surface area (Å²) in [5, 5.41) is 0. The van der Waals surface area contributed by atoms with Gasteiger partial charge in [-0.3, -0.25) is 0 Å². The third-order valence-corrected chi connectivity index (χ3v) is 5.01. The maximum absolute atomic E-state index is 5.42. The van der Waals surface area contributed by atoms with Crippen molar-refractivity contribution in [2.75, 3.05) is 62.4 Å². The monoisotopic (exact) mass is 350 g/mol. The summed E-state index contributed by atoms with van der Waals surface area (Å²) in [5.74, 6) is 0. The lowest BCUT2D eigenvalue weighted by Crippen LogP contribution is -2.36. The molecule has 0 spiro atoms. The number of morpholine rings is 2. The Bertz CT molecular complexity index is 649. The van der Waals surface area contributed by atoms with E-state index in [0.717, 1.165) is 52.6 Å². The van der Waals surface area contributed by atoms with E-state index in [4.69, 9.17) is 9.47 Å². The highest BCUT2D eigenvalue weighted by molar-refractivity contribution is 5.71. The van der Waals surface area contributed by atoms with Crippen molar-refractivity contribution in [3.63, 3.8) is 0 Å². The molecule has 0 amide bonds. The molecule has 4 nitrogen and oxygen atoms in total. The number of ether oxygens (including phenoxy) is 2. The van der Waals surface area contributed by atoms with Crippen molar-refractivity contribution in [2.24, 2.45) is 0 Å². The van der Waals surface area contributed by atoms with Crippen LogP contribution in [0, 0.1) is 0 Å². The maximum atomic E-state index is 5.42. The molecule has 2 aliphatic rings. The van der Waals surface area contributed by atoms with Gasteiger partial charge in [-0.15, -0.1) is 0 Å². The molecule has 0 unspecified atom stereocenters.